The van der Waals surface area contributed by atoms with E-state index in [1.54, 1.807) is 29.2 Å². The van der Waals surface area contributed by atoms with Gasteiger partial charge in [-0.2, -0.15) is 0 Å². The van der Waals surface area contributed by atoms with Gasteiger partial charge in [0.15, 0.2) is 0 Å². The number of carbonyl (C=O) groups is 3. The summed E-state index contributed by atoms with van der Waals surface area (Å²) in [6, 6.07) is 16.0. The number of halogens is 1. The quantitative estimate of drug-likeness (QED) is 0.524. The molecule has 2 aromatic rings. The number of benzene rings is 2. The minimum absolute atomic E-state index is 0.101. The van der Waals surface area contributed by atoms with Crippen LogP contribution in [-0.4, -0.2) is 53.0 Å². The van der Waals surface area contributed by atoms with Crippen molar-refractivity contribution in [1.29, 1.82) is 0 Å². The third-order valence-electron chi connectivity index (χ3n) is 8.47. The maximum Gasteiger partial charge on any atom is 0.246 e. The molecule has 38 heavy (non-hydrogen) atoms. The summed E-state index contributed by atoms with van der Waals surface area (Å²) in [4.78, 5) is 43.1. The lowest BCUT2D eigenvalue weighted by atomic mass is 9.74. The van der Waals surface area contributed by atoms with Crippen LogP contribution in [0, 0.1) is 11.8 Å². The largest absolute Gasteiger partial charge is 0.359 e. The second-order valence-electron chi connectivity index (χ2n) is 10.8. The zero-order valence-corrected chi connectivity index (χ0v) is 21.9. The molecule has 198 valence electrons. The van der Waals surface area contributed by atoms with Gasteiger partial charge in [-0.15, -0.1) is 0 Å². The summed E-state index contributed by atoms with van der Waals surface area (Å²) in [6.45, 7) is 0.372. The fraction of sp³-hybridized carbons (Fsp3) is 0.433. The van der Waals surface area contributed by atoms with Crippen LogP contribution in [0.3, 0.4) is 0 Å². The van der Waals surface area contributed by atoms with Crippen LogP contribution in [0.25, 0.3) is 0 Å². The second kappa shape index (κ2) is 10.2. The molecule has 3 aliphatic heterocycles. The topological polar surface area (TPSA) is 87.7 Å². The first-order valence-corrected chi connectivity index (χ1v) is 13.9. The highest BCUT2D eigenvalue weighted by Gasteiger charge is 2.72. The summed E-state index contributed by atoms with van der Waals surface area (Å²) < 4.78 is 6.43. The Hall–Kier alpha value is -3.16. The van der Waals surface area contributed by atoms with Gasteiger partial charge in [-0.05, 0) is 49.1 Å². The Balaban J connectivity index is 1.29. The van der Waals surface area contributed by atoms with E-state index < -0.39 is 29.6 Å². The number of amides is 3. The summed E-state index contributed by atoms with van der Waals surface area (Å²) in [6.07, 6.45) is 9.00. The van der Waals surface area contributed by atoms with Gasteiger partial charge in [0.1, 0.15) is 11.6 Å². The van der Waals surface area contributed by atoms with Gasteiger partial charge in [0.2, 0.25) is 17.7 Å². The summed E-state index contributed by atoms with van der Waals surface area (Å²) in [7, 11) is 0. The smallest absolute Gasteiger partial charge is 0.246 e. The Bertz CT molecular complexity index is 1240. The Morgan fingerprint density at radius 1 is 1.00 bits per heavy atom. The summed E-state index contributed by atoms with van der Waals surface area (Å²) in [5.74, 6) is -2.17. The highest BCUT2D eigenvalue weighted by atomic mass is 35.5. The number of carbonyl (C=O) groups excluding carboxylic acids is 3. The van der Waals surface area contributed by atoms with E-state index in [1.807, 2.05) is 42.5 Å². The van der Waals surface area contributed by atoms with Crippen molar-refractivity contribution >= 4 is 35.0 Å². The number of nitrogens with one attached hydrogen (secondary N) is 2. The van der Waals surface area contributed by atoms with Crippen molar-refractivity contribution in [2.24, 2.45) is 11.8 Å². The van der Waals surface area contributed by atoms with E-state index in [2.05, 4.69) is 10.6 Å². The van der Waals surface area contributed by atoms with Gasteiger partial charge in [0.05, 0.1) is 17.9 Å². The molecule has 2 saturated heterocycles. The minimum atomic E-state index is -1.15. The standard InChI is InChI=1S/C30H32ClN3O4/c31-20-11-13-22(14-12-20)32-27(35)24-23-15-17-30(38-23)25(24)29(37)34(18-16-19-7-3-1-4-8-19)26(30)28(36)33-21-9-5-2-6-10-21/h1,3-4,7-8,11-15,17,21,23-26H,2,5-6,9-10,16,18H2,(H,32,35)(H,33,36). The maximum atomic E-state index is 14.0. The van der Waals surface area contributed by atoms with Gasteiger partial charge in [-0.25, -0.2) is 0 Å². The molecule has 3 amide bonds. The summed E-state index contributed by atoms with van der Waals surface area (Å²) >= 11 is 5.99. The maximum absolute atomic E-state index is 14.0. The van der Waals surface area contributed by atoms with Crippen molar-refractivity contribution in [1.82, 2.24) is 10.2 Å². The van der Waals surface area contributed by atoms with E-state index in [9.17, 15) is 14.4 Å². The molecule has 5 atom stereocenters. The average molecular weight is 534 g/mol. The van der Waals surface area contributed by atoms with Crippen LogP contribution >= 0.6 is 11.6 Å². The zero-order chi connectivity index (χ0) is 26.3. The van der Waals surface area contributed by atoms with Gasteiger partial charge in [-0.3, -0.25) is 14.4 Å². The predicted octanol–water partition coefficient (Wildman–Crippen LogP) is 4.12. The van der Waals surface area contributed by atoms with Gasteiger partial charge >= 0.3 is 0 Å². The molecule has 3 heterocycles. The highest BCUT2D eigenvalue weighted by Crippen LogP contribution is 2.55. The predicted molar refractivity (Wildman–Crippen MR) is 144 cm³/mol. The number of hydrogen-bond donors (Lipinski definition) is 2. The second-order valence-corrected chi connectivity index (χ2v) is 11.2. The highest BCUT2D eigenvalue weighted by molar-refractivity contribution is 6.30. The lowest BCUT2D eigenvalue weighted by Crippen LogP contribution is -2.56. The van der Waals surface area contributed by atoms with E-state index in [1.165, 1.54) is 6.42 Å². The number of ether oxygens (including phenoxy) is 1. The van der Waals surface area contributed by atoms with Gasteiger partial charge in [0, 0.05) is 23.3 Å². The number of fused-ring (bicyclic) bond motifs is 1. The van der Waals surface area contributed by atoms with Crippen molar-refractivity contribution in [3.05, 3.63) is 77.3 Å². The van der Waals surface area contributed by atoms with Crippen LogP contribution in [-0.2, 0) is 25.5 Å². The normalized spacial score (nSPS) is 29.9. The van der Waals surface area contributed by atoms with Gasteiger partial charge in [-0.1, -0.05) is 73.3 Å². The molecule has 7 nitrogen and oxygen atoms in total. The third kappa shape index (κ3) is 4.41. The molecule has 0 radical (unpaired) electrons. The van der Waals surface area contributed by atoms with E-state index in [4.69, 9.17) is 16.3 Å². The molecule has 4 aliphatic rings. The van der Waals surface area contributed by atoms with E-state index in [0.29, 0.717) is 23.7 Å². The van der Waals surface area contributed by atoms with Crippen LogP contribution in [0.5, 0.6) is 0 Å². The van der Waals surface area contributed by atoms with Crippen LogP contribution in [0.1, 0.15) is 37.7 Å². The molecule has 2 bridgehead atoms. The lowest BCUT2D eigenvalue weighted by molar-refractivity contribution is -0.141. The van der Waals surface area contributed by atoms with E-state index in [-0.39, 0.29) is 23.8 Å². The number of likely N-dealkylation sites (tertiary alicyclic amines) is 1. The molecule has 0 aromatic heterocycles. The first-order valence-electron chi connectivity index (χ1n) is 13.5. The first kappa shape index (κ1) is 25.1. The molecule has 3 fully saturated rings. The third-order valence-corrected chi connectivity index (χ3v) is 8.72. The molecule has 1 aliphatic carbocycles. The summed E-state index contributed by atoms with van der Waals surface area (Å²) in [5.41, 5.74) is 0.524. The zero-order valence-electron chi connectivity index (χ0n) is 21.1. The van der Waals surface area contributed by atoms with E-state index in [0.717, 1.165) is 31.2 Å². The van der Waals surface area contributed by atoms with Crippen LogP contribution < -0.4 is 10.6 Å². The molecule has 6 rings (SSSR count). The molecule has 8 heteroatoms. The molecule has 5 unspecified atom stereocenters. The van der Waals surface area contributed by atoms with Crippen LogP contribution in [0.15, 0.2) is 66.7 Å². The Labute approximate surface area is 227 Å². The Morgan fingerprint density at radius 3 is 2.47 bits per heavy atom. The van der Waals surface area contributed by atoms with Crippen molar-refractivity contribution in [3.8, 4) is 0 Å². The fourth-order valence-corrected chi connectivity index (χ4v) is 6.81. The SMILES string of the molecule is O=C(Nc1ccc(Cl)cc1)C1C2C=CC3(O2)C1C(=O)N(CCc1ccccc1)C3C(=O)NC1CCCCC1. The van der Waals surface area contributed by atoms with Crippen molar-refractivity contribution in [3.63, 3.8) is 0 Å². The Morgan fingerprint density at radius 2 is 1.74 bits per heavy atom. The van der Waals surface area contributed by atoms with Crippen LogP contribution in [0.4, 0.5) is 5.69 Å². The molecular weight excluding hydrogens is 502 g/mol. The van der Waals surface area contributed by atoms with Crippen LogP contribution in [0.2, 0.25) is 5.02 Å². The Kier molecular flexibility index (Phi) is 6.74. The first-order chi connectivity index (χ1) is 18.5. The molecular formula is C30H32ClN3O4. The number of hydrogen-bond acceptors (Lipinski definition) is 4. The summed E-state index contributed by atoms with van der Waals surface area (Å²) in [5, 5.41) is 6.72. The molecule has 1 saturated carbocycles. The van der Waals surface area contributed by atoms with Gasteiger partial charge in [0.25, 0.3) is 0 Å². The lowest BCUT2D eigenvalue weighted by Gasteiger charge is -2.34. The number of rotatable bonds is 7. The molecule has 2 N–H and O–H groups in total. The monoisotopic (exact) mass is 533 g/mol. The van der Waals surface area contributed by atoms with Gasteiger partial charge < -0.3 is 20.3 Å². The van der Waals surface area contributed by atoms with Crippen molar-refractivity contribution < 1.29 is 19.1 Å². The molecule has 2 aromatic carbocycles. The molecule has 1 spiro atoms. The number of nitrogens with zero attached hydrogens (tertiary/aromatic N) is 1. The minimum Gasteiger partial charge on any atom is -0.359 e. The van der Waals surface area contributed by atoms with Crippen molar-refractivity contribution in [2.45, 2.75) is 62.3 Å². The van der Waals surface area contributed by atoms with Crippen molar-refractivity contribution in [2.75, 3.05) is 11.9 Å². The van der Waals surface area contributed by atoms with E-state index >= 15 is 0 Å². The average Bonchev–Trinajstić information content (AvgIpc) is 3.57. The fourth-order valence-electron chi connectivity index (χ4n) is 6.69. The number of anilines is 1.